The van der Waals surface area contributed by atoms with Gasteiger partial charge in [-0.2, -0.15) is 4.68 Å². The van der Waals surface area contributed by atoms with Gasteiger partial charge in [-0.25, -0.2) is 4.98 Å². The van der Waals surface area contributed by atoms with Crippen LogP contribution in [-0.2, 0) is 18.4 Å². The molecule has 6 nitrogen and oxygen atoms in total. The first-order valence-electron chi connectivity index (χ1n) is 8.89. The van der Waals surface area contributed by atoms with E-state index in [1.807, 2.05) is 24.3 Å². The maximum absolute atomic E-state index is 6.00. The monoisotopic (exact) mass is 368 g/mol. The maximum Gasteiger partial charge on any atom is 0.172 e. The summed E-state index contributed by atoms with van der Waals surface area (Å²) < 4.78 is 1.70. The zero-order chi connectivity index (χ0) is 18.0. The van der Waals surface area contributed by atoms with E-state index in [1.165, 1.54) is 24.0 Å². The molecule has 1 aliphatic rings. The van der Waals surface area contributed by atoms with Gasteiger partial charge in [0.15, 0.2) is 11.6 Å². The lowest BCUT2D eigenvalue weighted by Crippen LogP contribution is -2.27. The second-order valence-electron chi connectivity index (χ2n) is 6.77. The van der Waals surface area contributed by atoms with E-state index in [1.54, 1.807) is 10.9 Å². The molecule has 0 aliphatic heterocycles. The molecule has 26 heavy (non-hydrogen) atoms. The van der Waals surface area contributed by atoms with E-state index in [0.29, 0.717) is 6.54 Å². The van der Waals surface area contributed by atoms with Gasteiger partial charge in [0.2, 0.25) is 0 Å². The van der Waals surface area contributed by atoms with Crippen molar-refractivity contribution < 1.29 is 0 Å². The third-order valence-corrected chi connectivity index (χ3v) is 5.28. The molecular weight excluding hydrogens is 348 g/mol. The highest BCUT2D eigenvalue weighted by Gasteiger charge is 2.43. The Labute approximate surface area is 157 Å². The largest absolute Gasteiger partial charge is 0.309 e. The first-order valence-corrected chi connectivity index (χ1v) is 9.27. The van der Waals surface area contributed by atoms with E-state index in [0.717, 1.165) is 29.6 Å². The zero-order valence-corrected chi connectivity index (χ0v) is 15.4. The molecule has 0 radical (unpaired) electrons. The van der Waals surface area contributed by atoms with Gasteiger partial charge >= 0.3 is 0 Å². The standard InChI is InChI=1S/C19H21ClN6/c1-2-14-7-10-22-17(11-14)26-18(23-24-25-26)12-21-13-19(8-9-19)15-3-5-16(20)6-4-15/h3-7,10-11,21H,2,8-9,12-13H2,1H3. The number of aromatic nitrogens is 5. The van der Waals surface area contributed by atoms with E-state index in [2.05, 4.69) is 44.9 Å². The van der Waals surface area contributed by atoms with E-state index in [9.17, 15) is 0 Å². The van der Waals surface area contributed by atoms with Gasteiger partial charge in [0, 0.05) is 23.2 Å². The number of nitrogens with zero attached hydrogens (tertiary/aromatic N) is 5. The Hall–Kier alpha value is -2.31. The van der Waals surface area contributed by atoms with Crippen molar-refractivity contribution in [1.82, 2.24) is 30.5 Å². The van der Waals surface area contributed by atoms with Crippen molar-refractivity contribution in [1.29, 1.82) is 0 Å². The van der Waals surface area contributed by atoms with E-state index >= 15 is 0 Å². The molecule has 2 heterocycles. The molecule has 0 unspecified atom stereocenters. The van der Waals surface area contributed by atoms with Crippen LogP contribution in [0.5, 0.6) is 0 Å². The first-order chi connectivity index (χ1) is 12.7. The number of hydrogen-bond acceptors (Lipinski definition) is 5. The second-order valence-corrected chi connectivity index (χ2v) is 7.21. The minimum atomic E-state index is 0.212. The Balaban J connectivity index is 1.43. The molecule has 7 heteroatoms. The highest BCUT2D eigenvalue weighted by molar-refractivity contribution is 6.30. The molecule has 1 aromatic carbocycles. The van der Waals surface area contributed by atoms with Crippen LogP contribution in [0.15, 0.2) is 42.6 Å². The summed E-state index contributed by atoms with van der Waals surface area (Å²) in [6, 6.07) is 12.2. The minimum absolute atomic E-state index is 0.212. The van der Waals surface area contributed by atoms with E-state index in [-0.39, 0.29) is 5.41 Å². The Morgan fingerprint density at radius 1 is 1.19 bits per heavy atom. The molecular formula is C19H21ClN6. The number of halogens is 1. The molecule has 1 aliphatic carbocycles. The molecule has 3 aromatic rings. The third-order valence-electron chi connectivity index (χ3n) is 5.03. The minimum Gasteiger partial charge on any atom is -0.309 e. The van der Waals surface area contributed by atoms with Gasteiger partial charge in [-0.3, -0.25) is 0 Å². The fourth-order valence-electron chi connectivity index (χ4n) is 3.23. The van der Waals surface area contributed by atoms with Gasteiger partial charge in [-0.05, 0) is 65.1 Å². The first kappa shape index (κ1) is 17.1. The predicted molar refractivity (Wildman–Crippen MR) is 100 cm³/mol. The molecule has 0 bridgehead atoms. The fraction of sp³-hybridized carbons (Fsp3) is 0.368. The summed E-state index contributed by atoms with van der Waals surface area (Å²) in [5.74, 6) is 1.52. The molecule has 0 spiro atoms. The van der Waals surface area contributed by atoms with Gasteiger partial charge in [0.05, 0.1) is 6.54 Å². The van der Waals surface area contributed by atoms with Crippen LogP contribution in [-0.4, -0.2) is 31.7 Å². The van der Waals surface area contributed by atoms with Gasteiger partial charge in [-0.15, -0.1) is 5.10 Å². The molecule has 134 valence electrons. The van der Waals surface area contributed by atoms with Crippen molar-refractivity contribution in [2.75, 3.05) is 6.54 Å². The quantitative estimate of drug-likeness (QED) is 0.694. The molecule has 1 N–H and O–H groups in total. The summed E-state index contributed by atoms with van der Waals surface area (Å²) in [6.45, 7) is 3.61. The normalized spacial score (nSPS) is 15.2. The highest BCUT2D eigenvalue weighted by Crippen LogP contribution is 2.47. The summed E-state index contributed by atoms with van der Waals surface area (Å²) in [4.78, 5) is 4.40. The van der Waals surface area contributed by atoms with Crippen LogP contribution in [0.1, 0.15) is 36.7 Å². The number of rotatable bonds is 7. The number of benzene rings is 1. The average molecular weight is 369 g/mol. The van der Waals surface area contributed by atoms with Crippen LogP contribution < -0.4 is 5.32 Å². The lowest BCUT2D eigenvalue weighted by Gasteiger charge is -2.16. The van der Waals surface area contributed by atoms with Gasteiger partial charge in [-0.1, -0.05) is 30.7 Å². The third kappa shape index (κ3) is 3.48. The van der Waals surface area contributed by atoms with Crippen LogP contribution in [0.4, 0.5) is 0 Å². The summed E-state index contributed by atoms with van der Waals surface area (Å²) in [5.41, 5.74) is 2.76. The van der Waals surface area contributed by atoms with Crippen molar-refractivity contribution in [3.05, 3.63) is 64.6 Å². The number of nitrogens with one attached hydrogen (secondary N) is 1. The fourth-order valence-corrected chi connectivity index (χ4v) is 3.35. The zero-order valence-electron chi connectivity index (χ0n) is 14.7. The van der Waals surface area contributed by atoms with Crippen LogP contribution in [0.2, 0.25) is 5.02 Å². The molecule has 2 aromatic heterocycles. The SMILES string of the molecule is CCc1ccnc(-n2nnnc2CNCC2(c3ccc(Cl)cc3)CC2)c1. The maximum atomic E-state index is 6.00. The number of hydrogen-bond donors (Lipinski definition) is 1. The molecule has 1 saturated carbocycles. The van der Waals surface area contributed by atoms with Crippen LogP contribution in [0.3, 0.4) is 0 Å². The molecule has 0 saturated heterocycles. The van der Waals surface area contributed by atoms with Gasteiger partial charge in [0.25, 0.3) is 0 Å². The van der Waals surface area contributed by atoms with Crippen molar-refractivity contribution in [2.24, 2.45) is 0 Å². The lowest BCUT2D eigenvalue weighted by atomic mass is 9.96. The van der Waals surface area contributed by atoms with E-state index < -0.39 is 0 Å². The Morgan fingerprint density at radius 3 is 2.73 bits per heavy atom. The van der Waals surface area contributed by atoms with E-state index in [4.69, 9.17) is 11.6 Å². The number of tetrazole rings is 1. The van der Waals surface area contributed by atoms with Crippen LogP contribution in [0.25, 0.3) is 5.82 Å². The van der Waals surface area contributed by atoms with Gasteiger partial charge in [0.1, 0.15) is 0 Å². The smallest absolute Gasteiger partial charge is 0.172 e. The summed E-state index contributed by atoms with van der Waals surface area (Å²) >= 11 is 6.00. The molecule has 0 amide bonds. The average Bonchev–Trinajstić information content (AvgIpc) is 3.31. The number of aryl methyl sites for hydroxylation is 1. The highest BCUT2D eigenvalue weighted by atomic mass is 35.5. The Morgan fingerprint density at radius 2 is 2.00 bits per heavy atom. The summed E-state index contributed by atoms with van der Waals surface area (Å²) in [7, 11) is 0. The summed E-state index contributed by atoms with van der Waals surface area (Å²) in [6.07, 6.45) is 5.13. The van der Waals surface area contributed by atoms with Crippen LogP contribution in [0, 0.1) is 0 Å². The Kier molecular flexibility index (Phi) is 4.70. The van der Waals surface area contributed by atoms with Gasteiger partial charge < -0.3 is 5.32 Å². The molecule has 1 fully saturated rings. The summed E-state index contributed by atoms with van der Waals surface area (Å²) in [5, 5.41) is 16.4. The van der Waals surface area contributed by atoms with Crippen molar-refractivity contribution in [3.63, 3.8) is 0 Å². The van der Waals surface area contributed by atoms with Crippen molar-refractivity contribution in [3.8, 4) is 5.82 Å². The lowest BCUT2D eigenvalue weighted by molar-refractivity contribution is 0.555. The number of pyridine rings is 1. The topological polar surface area (TPSA) is 68.5 Å². The predicted octanol–water partition coefficient (Wildman–Crippen LogP) is 3.09. The van der Waals surface area contributed by atoms with Crippen molar-refractivity contribution >= 4 is 11.6 Å². The van der Waals surface area contributed by atoms with Crippen LogP contribution >= 0.6 is 11.6 Å². The van der Waals surface area contributed by atoms with Crippen molar-refractivity contribution in [2.45, 2.75) is 38.1 Å². The Bertz CT molecular complexity index is 885. The second kappa shape index (κ2) is 7.13. The molecule has 4 rings (SSSR count). The molecule has 0 atom stereocenters.